The number of rotatable bonds is 6. The normalized spacial score (nSPS) is 15.9. The van der Waals surface area contributed by atoms with Crippen molar-refractivity contribution in [2.45, 2.75) is 52.5 Å². The van der Waals surface area contributed by atoms with Crippen molar-refractivity contribution < 1.29 is 9.53 Å². The molecule has 1 N–H and O–H groups in total. The first-order valence-corrected chi connectivity index (χ1v) is 12.8. The van der Waals surface area contributed by atoms with E-state index in [-0.39, 0.29) is 5.91 Å². The van der Waals surface area contributed by atoms with Gasteiger partial charge in [-0.05, 0) is 93.9 Å². The van der Waals surface area contributed by atoms with Crippen LogP contribution in [-0.2, 0) is 20.0 Å². The molecule has 0 saturated carbocycles. The Morgan fingerprint density at radius 3 is 2.74 bits per heavy atom. The predicted octanol–water partition coefficient (Wildman–Crippen LogP) is 4.95. The van der Waals surface area contributed by atoms with E-state index in [1.807, 2.05) is 47.9 Å². The lowest BCUT2D eigenvalue weighted by atomic mass is 9.93. The monoisotopic (exact) mass is 472 g/mol. The fourth-order valence-electron chi connectivity index (χ4n) is 5.43. The van der Waals surface area contributed by atoms with Crippen LogP contribution in [0.3, 0.4) is 0 Å². The molecule has 0 aliphatic carbocycles. The van der Waals surface area contributed by atoms with Gasteiger partial charge in [0.15, 0.2) is 0 Å². The minimum Gasteiger partial charge on any atom is -0.493 e. The summed E-state index contributed by atoms with van der Waals surface area (Å²) in [5, 5.41) is 7.88. The van der Waals surface area contributed by atoms with Crippen LogP contribution in [0.1, 0.15) is 64.0 Å². The number of aryl methyl sites for hydroxylation is 3. The minimum absolute atomic E-state index is 0.00682. The van der Waals surface area contributed by atoms with E-state index in [1.54, 1.807) is 0 Å². The van der Waals surface area contributed by atoms with Gasteiger partial charge in [0, 0.05) is 36.0 Å². The van der Waals surface area contributed by atoms with Gasteiger partial charge in [-0.15, -0.1) is 0 Å². The maximum atomic E-state index is 13.8. The highest BCUT2D eigenvalue weighted by atomic mass is 16.5. The third kappa shape index (κ3) is 5.13. The molecule has 1 amide bonds. The van der Waals surface area contributed by atoms with Crippen LogP contribution in [0.5, 0.6) is 5.75 Å². The number of ether oxygens (including phenoxy) is 1. The fraction of sp³-hybridized carbons (Fsp3) is 0.448. The molecule has 0 spiro atoms. The van der Waals surface area contributed by atoms with Crippen LogP contribution < -0.4 is 15.0 Å². The second-order valence-corrected chi connectivity index (χ2v) is 10.1. The van der Waals surface area contributed by atoms with E-state index < -0.39 is 0 Å². The summed E-state index contributed by atoms with van der Waals surface area (Å²) < 4.78 is 8.02. The highest BCUT2D eigenvalue weighted by Crippen LogP contribution is 2.33. The van der Waals surface area contributed by atoms with Gasteiger partial charge < -0.3 is 15.0 Å². The van der Waals surface area contributed by atoms with Gasteiger partial charge in [-0.2, -0.15) is 5.10 Å². The number of aromatic nitrogens is 2. The molecule has 0 atom stereocenters. The zero-order valence-electron chi connectivity index (χ0n) is 21.1. The number of fused-ring (bicyclic) bond motifs is 2. The van der Waals surface area contributed by atoms with Gasteiger partial charge in [0.2, 0.25) is 0 Å². The van der Waals surface area contributed by atoms with Crippen molar-refractivity contribution in [3.8, 4) is 5.75 Å². The number of anilines is 1. The lowest BCUT2D eigenvalue weighted by Crippen LogP contribution is -2.30. The highest BCUT2D eigenvalue weighted by molar-refractivity contribution is 6.06. The number of amides is 1. The molecule has 5 rings (SSSR count). The topological polar surface area (TPSA) is 59.4 Å². The standard InChI is InChI=1S/C29H36N4O2/c1-20-6-8-26-24(15-20)17-27-25(18-31-32(27)3)19-33(26)29(34)23-7-9-28(21(2)16-23)35-14-4-5-22-10-12-30-13-11-22/h6-9,15-16,18,22,30H,4-5,10-14,17,19H2,1-3H3. The number of hydrogen-bond donors (Lipinski definition) is 1. The summed E-state index contributed by atoms with van der Waals surface area (Å²) >= 11 is 0. The maximum absolute atomic E-state index is 13.8. The number of benzene rings is 2. The number of hydrogen-bond acceptors (Lipinski definition) is 4. The Hall–Kier alpha value is -3.12. The van der Waals surface area contributed by atoms with Gasteiger partial charge in [-0.25, -0.2) is 0 Å². The second kappa shape index (κ2) is 10.2. The van der Waals surface area contributed by atoms with Gasteiger partial charge in [-0.1, -0.05) is 17.7 Å². The van der Waals surface area contributed by atoms with E-state index in [4.69, 9.17) is 4.74 Å². The molecule has 2 aliphatic heterocycles. The molecule has 1 fully saturated rings. The third-order valence-electron chi connectivity index (χ3n) is 7.50. The number of carbonyl (C=O) groups is 1. The molecule has 6 nitrogen and oxygen atoms in total. The first kappa shape index (κ1) is 23.6. The number of nitrogens with zero attached hydrogens (tertiary/aromatic N) is 3. The highest BCUT2D eigenvalue weighted by Gasteiger charge is 2.27. The van der Waals surface area contributed by atoms with E-state index in [2.05, 4.69) is 35.5 Å². The average molecular weight is 473 g/mol. The summed E-state index contributed by atoms with van der Waals surface area (Å²) in [5.74, 6) is 1.70. The lowest BCUT2D eigenvalue weighted by Gasteiger charge is -2.24. The molecule has 3 aromatic rings. The molecule has 0 unspecified atom stereocenters. The Morgan fingerprint density at radius 2 is 1.94 bits per heavy atom. The van der Waals surface area contributed by atoms with Crippen molar-refractivity contribution >= 4 is 11.6 Å². The van der Waals surface area contributed by atoms with Crippen molar-refractivity contribution in [1.82, 2.24) is 15.1 Å². The molecule has 0 bridgehead atoms. The molecule has 1 saturated heterocycles. The summed E-state index contributed by atoms with van der Waals surface area (Å²) in [6.07, 6.45) is 7.50. The minimum atomic E-state index is 0.00682. The van der Waals surface area contributed by atoms with Gasteiger partial charge in [0.25, 0.3) is 5.91 Å². The van der Waals surface area contributed by atoms with E-state index in [0.717, 1.165) is 72.3 Å². The zero-order chi connectivity index (χ0) is 24.4. The largest absolute Gasteiger partial charge is 0.493 e. The van der Waals surface area contributed by atoms with Crippen molar-refractivity contribution in [2.24, 2.45) is 13.0 Å². The Morgan fingerprint density at radius 1 is 1.11 bits per heavy atom. The Balaban J connectivity index is 1.31. The number of piperidine rings is 1. The fourth-order valence-corrected chi connectivity index (χ4v) is 5.43. The van der Waals surface area contributed by atoms with E-state index in [0.29, 0.717) is 12.1 Å². The quantitative estimate of drug-likeness (QED) is 0.516. The molecule has 184 valence electrons. The van der Waals surface area contributed by atoms with Crippen molar-refractivity contribution in [3.05, 3.63) is 76.1 Å². The third-order valence-corrected chi connectivity index (χ3v) is 7.50. The summed E-state index contributed by atoms with van der Waals surface area (Å²) in [6, 6.07) is 12.2. The molecule has 35 heavy (non-hydrogen) atoms. The van der Waals surface area contributed by atoms with Crippen LogP contribution in [0.15, 0.2) is 42.6 Å². The van der Waals surface area contributed by atoms with Crippen LogP contribution in [0, 0.1) is 19.8 Å². The lowest BCUT2D eigenvalue weighted by molar-refractivity contribution is 0.0985. The Bertz CT molecular complexity index is 1210. The van der Waals surface area contributed by atoms with Crippen LogP contribution in [0.4, 0.5) is 5.69 Å². The van der Waals surface area contributed by atoms with Gasteiger partial charge in [0.05, 0.1) is 19.3 Å². The molecule has 2 aliphatic rings. The Kier molecular flexibility index (Phi) is 6.91. The van der Waals surface area contributed by atoms with Crippen molar-refractivity contribution in [1.29, 1.82) is 0 Å². The van der Waals surface area contributed by atoms with E-state index in [1.165, 1.54) is 24.8 Å². The van der Waals surface area contributed by atoms with Crippen LogP contribution >= 0.6 is 0 Å². The average Bonchev–Trinajstić information content (AvgIpc) is 3.11. The molecule has 2 aromatic carbocycles. The smallest absolute Gasteiger partial charge is 0.258 e. The van der Waals surface area contributed by atoms with Gasteiger partial charge >= 0.3 is 0 Å². The van der Waals surface area contributed by atoms with Crippen molar-refractivity contribution in [2.75, 3.05) is 24.6 Å². The zero-order valence-corrected chi connectivity index (χ0v) is 21.1. The number of nitrogens with one attached hydrogen (secondary N) is 1. The first-order valence-electron chi connectivity index (χ1n) is 12.8. The molecular formula is C29H36N4O2. The first-order chi connectivity index (χ1) is 17.0. The molecule has 3 heterocycles. The molecular weight excluding hydrogens is 436 g/mol. The molecule has 1 aromatic heterocycles. The summed E-state index contributed by atoms with van der Waals surface area (Å²) in [4.78, 5) is 15.7. The molecule has 6 heteroatoms. The van der Waals surface area contributed by atoms with E-state index in [9.17, 15) is 4.79 Å². The van der Waals surface area contributed by atoms with Crippen LogP contribution in [0.25, 0.3) is 0 Å². The van der Waals surface area contributed by atoms with E-state index >= 15 is 0 Å². The number of carbonyl (C=O) groups excluding carboxylic acids is 1. The summed E-state index contributed by atoms with van der Waals surface area (Å²) in [7, 11) is 1.97. The maximum Gasteiger partial charge on any atom is 0.258 e. The summed E-state index contributed by atoms with van der Waals surface area (Å²) in [5.41, 5.74) is 7.27. The van der Waals surface area contributed by atoms with Crippen LogP contribution in [-0.4, -0.2) is 35.4 Å². The predicted molar refractivity (Wildman–Crippen MR) is 139 cm³/mol. The van der Waals surface area contributed by atoms with Crippen LogP contribution in [0.2, 0.25) is 0 Å². The summed E-state index contributed by atoms with van der Waals surface area (Å²) in [6.45, 7) is 7.65. The van der Waals surface area contributed by atoms with Gasteiger partial charge in [-0.3, -0.25) is 9.48 Å². The molecule has 0 radical (unpaired) electrons. The second-order valence-electron chi connectivity index (χ2n) is 10.1. The van der Waals surface area contributed by atoms with Gasteiger partial charge in [0.1, 0.15) is 5.75 Å². The SMILES string of the molecule is Cc1ccc2c(c1)Cc1c(cnn1C)CN2C(=O)c1ccc(OCCCC2CCNCC2)c(C)c1. The Labute approximate surface area is 208 Å². The van der Waals surface area contributed by atoms with Crippen molar-refractivity contribution in [3.63, 3.8) is 0 Å².